The van der Waals surface area contributed by atoms with Crippen LogP contribution in [0.2, 0.25) is 0 Å². The number of anilines is 4. The van der Waals surface area contributed by atoms with Gasteiger partial charge in [-0.25, -0.2) is 33.6 Å². The van der Waals surface area contributed by atoms with Crippen molar-refractivity contribution in [2.75, 3.05) is 55.3 Å². The van der Waals surface area contributed by atoms with Crippen LogP contribution in [0.25, 0.3) is 44.7 Å². The number of ether oxygens (including phenoxy) is 8. The standard InChI is InChI=1S/C13H19N5O11P2.C13H16N5O9P.C11H16N5O12P3.C10H11N5O8P2.2H3O3P.2Y/c1-13(2)27-7-5(3-25-31(23,24)29-30(20,21)22)26-11(8(7)28-13)18-4-15-6-9(18)16-12(14)17-10(6)19;14-13-16-10-7(11(21)17-13)15-3-18(10)12-9-8(4(25-12)2-24-28(22)23)26-6(27-9)1-5(19)20;12-11-14-8-5(9(17)15-11)13-2-16(8)10-7-6(27-31(23,24)28-7)4(26-10)1-25-30(21,22)3-29(18,19)20;11-10-13-7-4(8(16)14-10)12-2-15(7)9-6-5(22-25(19)23-6)3(21-9)1-20-24(17)18;2*1-4(2)3;;/h4-5,7-8,11H,3H2,1-2H3,(H,23,24)(H2,20,21,22)(H3,14,16,17,19);3-4,6,8-9,12,28H,1-2H2,(H,19,20)(H,22,23)(H3,14,16,17,21);2,4,6-7,10H,1,3H2,(H,21,22)(H,23,24)(H2,18,19,20)(H3,12,14,15,17);2-3,5-6,9,24H,1H2,(H3-,11,13,14,16,17,18);2*4H,(H2,1,2,3);;/p+1/t5-,7?,8?,11-;4-,6?,8?,9?,12-;4-,6?,7?,10-;3-,5?,6?,9-;;;;/m1111..../s1. The summed E-state index contributed by atoms with van der Waals surface area (Å²) < 4.78 is 203. The first kappa shape index (κ1) is 104. The first-order valence-electron chi connectivity index (χ1n) is 33.4. The van der Waals surface area contributed by atoms with Crippen molar-refractivity contribution in [2.45, 2.75) is 131 Å². The van der Waals surface area contributed by atoms with E-state index in [0.717, 1.165) is 6.33 Å². The monoisotopic (exact) mass is 2140 g/mol. The van der Waals surface area contributed by atoms with Crippen LogP contribution in [-0.4, -0.2) is 270 Å². The van der Waals surface area contributed by atoms with Gasteiger partial charge in [-0.2, -0.15) is 24.2 Å². The zero-order chi connectivity index (χ0) is 90.4. The maximum absolute atomic E-state index is 12.0. The van der Waals surface area contributed by atoms with E-state index < -0.39 is 244 Å². The molecule has 0 amide bonds. The number of carbonyl (C=O) groups is 1. The van der Waals surface area contributed by atoms with Crippen molar-refractivity contribution in [3.8, 4) is 0 Å². The Labute approximate surface area is 742 Å². The molecule has 16 rings (SSSR count). The Kier molecular flexibility index (Phi) is 34.9. The number of nitrogens with zero attached hydrogens (tertiary/aromatic N) is 12. The molecule has 66 nitrogen and oxygen atoms in total. The number of aromatic nitrogens is 16. The number of H-pyrrole nitrogens is 4. The molecule has 8 aliphatic heterocycles. The molecule has 15 unspecified atom stereocenters. The Bertz CT molecular complexity index is 5890. The molecule has 0 saturated carbocycles. The molecule has 0 aliphatic carbocycles. The molecule has 78 heteroatoms. The van der Waals surface area contributed by atoms with E-state index in [1.165, 1.54) is 37.3 Å². The smallest absolute Gasteiger partial charge is 0.481 e. The minimum Gasteiger partial charge on any atom is -0.481 e. The van der Waals surface area contributed by atoms with Gasteiger partial charge in [0.05, 0.1) is 58.2 Å². The molecular formula is C47H69N20O46P10Y2+. The van der Waals surface area contributed by atoms with Crippen LogP contribution < -0.4 is 45.2 Å². The fraction of sp³-hybridized carbons (Fsp3) is 0.553. The van der Waals surface area contributed by atoms with Gasteiger partial charge in [-0.05, 0) is 13.8 Å². The maximum atomic E-state index is 12.0. The number of phosphoric acid groups is 3. The van der Waals surface area contributed by atoms with E-state index in [2.05, 4.69) is 68.6 Å². The zero-order valence-electron chi connectivity index (χ0n) is 62.2. The first-order valence-corrected chi connectivity index (χ1v) is 47.7. The molecular weight excluding hydrogens is 2070 g/mol. The first-order chi connectivity index (χ1) is 57.2. The topological polar surface area (TPSA) is 986 Å². The maximum Gasteiger partial charge on any atom is 0.698 e. The van der Waals surface area contributed by atoms with Gasteiger partial charge in [0.1, 0.15) is 61.0 Å². The fourth-order valence-corrected chi connectivity index (χ4v) is 19.6. The van der Waals surface area contributed by atoms with Crippen LogP contribution in [0, 0.1) is 0 Å². The summed E-state index contributed by atoms with van der Waals surface area (Å²) in [6.45, 7) is 1.37. The number of fused-ring (bicyclic) bond motifs is 8. The molecule has 23 atom stereocenters. The Morgan fingerprint density at radius 3 is 1.25 bits per heavy atom. The van der Waals surface area contributed by atoms with E-state index in [0.29, 0.717) is 0 Å². The van der Waals surface area contributed by atoms with Gasteiger partial charge in [-0.15, -0.1) is 9.05 Å². The number of nitrogen functional groups attached to an aromatic ring is 4. The van der Waals surface area contributed by atoms with Crippen molar-refractivity contribution >= 4 is 154 Å². The van der Waals surface area contributed by atoms with Crippen molar-refractivity contribution in [1.82, 2.24) is 78.1 Å². The largest absolute Gasteiger partial charge is 0.698 e. The van der Waals surface area contributed by atoms with E-state index in [9.17, 15) is 75.2 Å². The van der Waals surface area contributed by atoms with Gasteiger partial charge in [0, 0.05) is 70.0 Å². The molecule has 2 radical (unpaired) electrons. The van der Waals surface area contributed by atoms with Crippen molar-refractivity contribution in [1.29, 1.82) is 0 Å². The van der Waals surface area contributed by atoms with Crippen molar-refractivity contribution in [3.63, 3.8) is 0 Å². The summed E-state index contributed by atoms with van der Waals surface area (Å²) in [7, 11) is -39.5. The second kappa shape index (κ2) is 42.0. The van der Waals surface area contributed by atoms with Crippen LogP contribution in [0.5, 0.6) is 0 Å². The predicted octanol–water partition coefficient (Wildman–Crippen LogP) is -5.10. The molecule has 0 aromatic carbocycles. The third-order valence-corrected chi connectivity index (χ3v) is 25.2. The summed E-state index contributed by atoms with van der Waals surface area (Å²) in [5.41, 5.74) is 20.3. The minimum atomic E-state index is -5.28. The summed E-state index contributed by atoms with van der Waals surface area (Å²) in [4.78, 5) is 210. The van der Waals surface area contributed by atoms with Crippen LogP contribution in [0.4, 0.5) is 23.8 Å². The third kappa shape index (κ3) is 26.4. The summed E-state index contributed by atoms with van der Waals surface area (Å²) in [6.07, 6.45) is -11.6. The number of aromatic amines is 4. The number of hydrogen-bond donors (Lipinski definition) is 22. The SMILES string of the molecule is CC1(C)OC2C(O1)[C@@H](COP(=O)(O)OP(=O)(O)O)O[C@H]2n1cnc2c(=O)[nH]c(N)nc21.Nc1nc2c(ncn2[C@@H]2O[C@H](COP(=O)(O)CP(=O)(O)O)C3OP(=O)(O)OC32)c(=O)[nH]1.Nc1nc2c(ncn2[C@@H]2O[C@H](CO[PH](=O)O)C3OC(CC(=O)O)OC32)c(=O)[nH]1.Nc1nc2c(ncn2[C@@H]2O[C@H](CO[PH](=O)O)C3O[P+](=O)OC32)c(=O)[nH]1.O=[PH](O)O.O=[PH](O)O.[Y].[Y]. The van der Waals surface area contributed by atoms with E-state index in [1.54, 1.807) is 13.8 Å². The van der Waals surface area contributed by atoms with Crippen molar-refractivity contribution in [2.24, 2.45) is 0 Å². The number of phosphoric ester groups is 2. The van der Waals surface area contributed by atoms with Crippen LogP contribution in [0.1, 0.15) is 45.2 Å². The fourth-order valence-electron chi connectivity index (χ4n) is 12.8. The molecule has 0 bridgehead atoms. The van der Waals surface area contributed by atoms with Crippen molar-refractivity contribution < 1.29 is 263 Å². The quantitative estimate of drug-likeness (QED) is 0.0282. The van der Waals surface area contributed by atoms with E-state index in [1.807, 2.05) is 0 Å². The van der Waals surface area contributed by atoms with Gasteiger partial charge in [-0.3, -0.25) is 103 Å². The van der Waals surface area contributed by atoms with Crippen LogP contribution >= 0.6 is 79.9 Å². The van der Waals surface area contributed by atoms with Crippen molar-refractivity contribution in [3.05, 3.63) is 66.7 Å². The molecule has 8 fully saturated rings. The van der Waals surface area contributed by atoms with Gasteiger partial charge in [0.2, 0.25) is 23.8 Å². The number of nitrogens with one attached hydrogen (secondary N) is 4. The number of aliphatic carboxylic acids is 1. The van der Waals surface area contributed by atoms with E-state index >= 15 is 0 Å². The second-order valence-electron chi connectivity index (χ2n) is 25.9. The van der Waals surface area contributed by atoms with Crippen LogP contribution in [0.15, 0.2) is 44.5 Å². The molecule has 8 aromatic rings. The van der Waals surface area contributed by atoms with Gasteiger partial charge < -0.3 is 143 Å². The molecule has 8 aromatic heterocycles. The second-order valence-corrected chi connectivity index (χ2v) is 37.7. The van der Waals surface area contributed by atoms with Crippen LogP contribution in [-0.2, 0) is 194 Å². The molecule has 26 N–H and O–H groups in total. The molecule has 688 valence electrons. The number of imidazole rings is 4. The summed E-state index contributed by atoms with van der Waals surface area (Å²) in [6, 6.07) is 0. The van der Waals surface area contributed by atoms with Gasteiger partial charge in [0.25, 0.3) is 22.2 Å². The Balaban J connectivity index is 0.000000183. The molecule has 8 aliphatic rings. The molecule has 8 saturated heterocycles. The number of carboxylic acids is 1. The average Bonchev–Trinajstić information content (AvgIpc) is 1.60. The molecule has 0 spiro atoms. The number of carboxylic acid groups (broad SMARTS) is 1. The minimum absolute atomic E-state index is 0. The Hall–Kier alpha value is -4.75. The summed E-state index contributed by atoms with van der Waals surface area (Å²) >= 11 is 0. The van der Waals surface area contributed by atoms with Gasteiger partial charge in [-0.1, -0.05) is 0 Å². The Morgan fingerprint density at radius 2 is 0.856 bits per heavy atom. The number of hydrogen-bond acceptors (Lipinski definition) is 44. The average molecular weight is 2140 g/mol. The van der Waals surface area contributed by atoms with Gasteiger partial charge >= 0.3 is 85.9 Å². The molecule has 125 heavy (non-hydrogen) atoms. The molecule has 16 heterocycles. The number of rotatable bonds is 22. The van der Waals surface area contributed by atoms with E-state index in [-0.39, 0.29) is 147 Å². The Morgan fingerprint density at radius 1 is 0.520 bits per heavy atom. The van der Waals surface area contributed by atoms with Gasteiger partial charge in [0.15, 0.2) is 99.8 Å². The normalized spacial score (nSPS) is 29.3. The van der Waals surface area contributed by atoms with Crippen LogP contribution in [0.3, 0.4) is 0 Å². The predicted molar refractivity (Wildman–Crippen MR) is 395 cm³/mol. The summed E-state index contributed by atoms with van der Waals surface area (Å²) in [5, 5.41) is 8.97. The summed E-state index contributed by atoms with van der Waals surface area (Å²) in [5.74, 6) is -4.22. The number of nitrogens with two attached hydrogens (primary N) is 4. The zero-order valence-corrected chi connectivity index (χ0v) is 77.2. The third-order valence-electron chi connectivity index (χ3n) is 16.9. The van der Waals surface area contributed by atoms with E-state index in [4.69, 9.17) is 156 Å².